The molecular formula is C5H10Br2O3. The van der Waals surface area contributed by atoms with Crippen LogP contribution in [0.4, 0.5) is 0 Å². The zero-order valence-corrected chi connectivity index (χ0v) is 8.72. The molecule has 0 saturated heterocycles. The van der Waals surface area contributed by atoms with Gasteiger partial charge in [-0.2, -0.15) is 0 Å². The Labute approximate surface area is 76.7 Å². The summed E-state index contributed by atoms with van der Waals surface area (Å²) in [6.45, 7) is 1.28. The second-order valence-corrected chi connectivity index (χ2v) is 3.40. The molecule has 0 aliphatic heterocycles. The summed E-state index contributed by atoms with van der Waals surface area (Å²) in [7, 11) is 0. The van der Waals surface area contributed by atoms with E-state index in [-0.39, 0.29) is 11.4 Å². The van der Waals surface area contributed by atoms with Gasteiger partial charge < -0.3 is 10.2 Å². The zero-order valence-electron chi connectivity index (χ0n) is 5.55. The number of carboxylic acid groups (broad SMARTS) is 1. The molecule has 0 saturated carbocycles. The van der Waals surface area contributed by atoms with Crippen molar-refractivity contribution in [2.45, 2.75) is 11.8 Å². The minimum atomic E-state index is -0.833. The van der Waals surface area contributed by atoms with Crippen molar-refractivity contribution in [2.75, 3.05) is 11.9 Å². The molecule has 1 atom stereocenters. The van der Waals surface area contributed by atoms with E-state index in [0.717, 1.165) is 12.3 Å². The lowest BCUT2D eigenvalue weighted by Gasteiger charge is -1.94. The third kappa shape index (κ3) is 23.8. The summed E-state index contributed by atoms with van der Waals surface area (Å²) in [5, 5.41) is 16.5. The highest BCUT2D eigenvalue weighted by molar-refractivity contribution is 9.12. The third-order valence-corrected chi connectivity index (χ3v) is 2.63. The molecule has 1 unspecified atom stereocenters. The molecule has 0 rings (SSSR count). The van der Waals surface area contributed by atoms with Crippen molar-refractivity contribution in [1.82, 2.24) is 0 Å². The van der Waals surface area contributed by atoms with Gasteiger partial charge in [-0.1, -0.05) is 31.9 Å². The largest absolute Gasteiger partial charge is 0.481 e. The summed E-state index contributed by atoms with van der Waals surface area (Å²) in [6, 6.07) is 0. The van der Waals surface area contributed by atoms with E-state index in [1.165, 1.54) is 0 Å². The Hall–Kier alpha value is 0.390. The minimum Gasteiger partial charge on any atom is -0.481 e. The van der Waals surface area contributed by atoms with Crippen molar-refractivity contribution < 1.29 is 15.0 Å². The van der Waals surface area contributed by atoms with E-state index in [2.05, 4.69) is 31.9 Å². The molecule has 0 fully saturated rings. The van der Waals surface area contributed by atoms with Crippen molar-refractivity contribution >= 4 is 37.8 Å². The molecule has 62 valence electrons. The van der Waals surface area contributed by atoms with E-state index in [4.69, 9.17) is 15.0 Å². The average molecular weight is 278 g/mol. The first-order valence-corrected chi connectivity index (χ1v) is 4.58. The van der Waals surface area contributed by atoms with Crippen LogP contribution in [0.2, 0.25) is 0 Å². The Morgan fingerprint density at radius 2 is 2.00 bits per heavy atom. The van der Waals surface area contributed by atoms with Crippen molar-refractivity contribution in [3.63, 3.8) is 0 Å². The summed E-state index contributed by atoms with van der Waals surface area (Å²) < 4.78 is 0. The van der Waals surface area contributed by atoms with Gasteiger partial charge in [0.2, 0.25) is 0 Å². The van der Waals surface area contributed by atoms with Gasteiger partial charge in [0.05, 0.1) is 6.61 Å². The highest BCUT2D eigenvalue weighted by atomic mass is 79.9. The van der Waals surface area contributed by atoms with E-state index in [1.54, 1.807) is 0 Å². The Kier molecular flexibility index (Phi) is 12.2. The van der Waals surface area contributed by atoms with Crippen LogP contribution in [-0.2, 0) is 4.79 Å². The maximum atomic E-state index is 9.00. The Morgan fingerprint density at radius 1 is 1.70 bits per heavy atom. The van der Waals surface area contributed by atoms with E-state index >= 15 is 0 Å². The molecule has 0 spiro atoms. The fourth-order valence-corrected chi connectivity index (χ4v) is 0.254. The number of aliphatic hydroxyl groups is 1. The van der Waals surface area contributed by atoms with Crippen molar-refractivity contribution in [1.29, 1.82) is 0 Å². The summed E-state index contributed by atoms with van der Waals surface area (Å²) in [6.07, 6.45) is 0. The molecule has 0 aromatic heterocycles. The lowest BCUT2D eigenvalue weighted by atomic mass is 10.5. The molecule has 0 aliphatic rings. The highest BCUT2D eigenvalue weighted by Crippen LogP contribution is 1.99. The zero-order chi connectivity index (χ0) is 8.57. The van der Waals surface area contributed by atoms with Gasteiger partial charge >= 0.3 is 0 Å². The fraction of sp³-hybridized carbons (Fsp3) is 0.800. The lowest BCUT2D eigenvalue weighted by molar-refractivity contribution is -0.134. The quantitative estimate of drug-likeness (QED) is 0.747. The number of rotatable bonds is 2. The minimum absolute atomic E-state index is 0.200. The van der Waals surface area contributed by atoms with Crippen LogP contribution in [0.15, 0.2) is 0 Å². The number of hydrogen-bond acceptors (Lipinski definition) is 2. The molecule has 0 bridgehead atoms. The number of hydrogen-bond donors (Lipinski definition) is 2. The second kappa shape index (κ2) is 9.39. The van der Waals surface area contributed by atoms with E-state index in [9.17, 15) is 0 Å². The summed E-state index contributed by atoms with van der Waals surface area (Å²) in [5.74, 6) is -0.833. The number of aliphatic carboxylic acids is 1. The fourth-order valence-electron chi connectivity index (χ4n) is 0.0488. The highest BCUT2D eigenvalue weighted by Gasteiger charge is 1.94. The monoisotopic (exact) mass is 276 g/mol. The second-order valence-electron chi connectivity index (χ2n) is 1.45. The van der Waals surface area contributed by atoms with Gasteiger partial charge in [-0.15, -0.1) is 0 Å². The number of carboxylic acids is 1. The molecule has 2 N–H and O–H groups in total. The van der Waals surface area contributed by atoms with Crippen molar-refractivity contribution in [3.05, 3.63) is 0 Å². The van der Waals surface area contributed by atoms with Gasteiger partial charge in [-0.25, -0.2) is 0 Å². The van der Waals surface area contributed by atoms with Gasteiger partial charge in [0.15, 0.2) is 0 Å². The summed E-state index contributed by atoms with van der Waals surface area (Å²) >= 11 is 6.35. The van der Waals surface area contributed by atoms with Crippen LogP contribution in [0.3, 0.4) is 0 Å². The number of aliphatic hydroxyl groups excluding tert-OH is 1. The summed E-state index contributed by atoms with van der Waals surface area (Å²) in [5.41, 5.74) is 0. The first-order valence-electron chi connectivity index (χ1n) is 2.55. The third-order valence-electron chi connectivity index (χ3n) is 0.366. The molecular weight excluding hydrogens is 268 g/mol. The first-order chi connectivity index (χ1) is 4.54. The van der Waals surface area contributed by atoms with Gasteiger partial charge in [0.1, 0.15) is 0 Å². The number of carbonyl (C=O) groups is 1. The molecule has 0 aromatic rings. The first kappa shape index (κ1) is 13.0. The van der Waals surface area contributed by atoms with Crippen molar-refractivity contribution in [2.24, 2.45) is 0 Å². The smallest absolute Gasteiger partial charge is 0.300 e. The molecule has 3 nitrogen and oxygen atoms in total. The normalized spacial score (nSPS) is 11.2. The average Bonchev–Trinajstić information content (AvgIpc) is 1.85. The Bertz CT molecular complexity index is 79.0. The predicted molar refractivity (Wildman–Crippen MR) is 46.9 cm³/mol. The van der Waals surface area contributed by atoms with E-state index in [1.807, 2.05) is 0 Å². The maximum absolute atomic E-state index is 9.00. The van der Waals surface area contributed by atoms with E-state index < -0.39 is 5.97 Å². The lowest BCUT2D eigenvalue weighted by Crippen LogP contribution is -2.03. The topological polar surface area (TPSA) is 57.5 Å². The number of alkyl halides is 2. The van der Waals surface area contributed by atoms with Gasteiger partial charge in [0.25, 0.3) is 5.97 Å². The van der Waals surface area contributed by atoms with Crippen LogP contribution in [0.25, 0.3) is 0 Å². The Morgan fingerprint density at radius 3 is 2.00 bits per heavy atom. The molecule has 0 aliphatic carbocycles. The maximum Gasteiger partial charge on any atom is 0.300 e. The Balaban J connectivity index is 0. The van der Waals surface area contributed by atoms with Crippen LogP contribution in [0, 0.1) is 0 Å². The molecule has 10 heavy (non-hydrogen) atoms. The van der Waals surface area contributed by atoms with Crippen LogP contribution in [-0.4, -0.2) is 32.9 Å². The van der Waals surface area contributed by atoms with Crippen LogP contribution in [0.1, 0.15) is 6.92 Å². The van der Waals surface area contributed by atoms with E-state index in [0.29, 0.717) is 0 Å². The molecule has 0 aromatic carbocycles. The predicted octanol–water partition coefficient (Wildman–Crippen LogP) is 1.23. The molecule has 0 radical (unpaired) electrons. The van der Waals surface area contributed by atoms with Gasteiger partial charge in [-0.05, 0) is 0 Å². The number of halogens is 2. The summed E-state index contributed by atoms with van der Waals surface area (Å²) in [4.78, 5) is 9.22. The standard InChI is InChI=1S/C3H6Br2O.C2H4O2/c4-1-3(5)2-6;1-2(3)4/h3,6H,1-2H2;1H3,(H,3,4). The molecule has 0 heterocycles. The van der Waals surface area contributed by atoms with Crippen molar-refractivity contribution in [3.8, 4) is 0 Å². The SMILES string of the molecule is CC(=O)O.OCC(Br)CBr. The van der Waals surface area contributed by atoms with Gasteiger partial charge in [0, 0.05) is 17.1 Å². The van der Waals surface area contributed by atoms with Crippen LogP contribution in [0.5, 0.6) is 0 Å². The van der Waals surface area contributed by atoms with Crippen LogP contribution >= 0.6 is 31.9 Å². The van der Waals surface area contributed by atoms with Crippen LogP contribution < -0.4 is 0 Å². The van der Waals surface area contributed by atoms with Gasteiger partial charge in [-0.3, -0.25) is 4.79 Å². The molecule has 5 heteroatoms. The molecule has 0 amide bonds.